The van der Waals surface area contributed by atoms with Crippen molar-refractivity contribution in [3.63, 3.8) is 0 Å². The van der Waals surface area contributed by atoms with Gasteiger partial charge in [-0.15, -0.1) is 0 Å². The van der Waals surface area contributed by atoms with Crippen molar-refractivity contribution in [3.05, 3.63) is 28.7 Å². The van der Waals surface area contributed by atoms with Gasteiger partial charge in [0.1, 0.15) is 0 Å². The molecule has 0 unspecified atom stereocenters. The molecular formula is C11H13BrO2. The number of hydrogen-bond acceptors (Lipinski definition) is 2. The van der Waals surface area contributed by atoms with E-state index in [1.165, 1.54) is 0 Å². The lowest BCUT2D eigenvalue weighted by atomic mass is 10.2. The summed E-state index contributed by atoms with van der Waals surface area (Å²) >= 11 is 3.43. The molecule has 0 aliphatic rings. The summed E-state index contributed by atoms with van der Waals surface area (Å²) in [5.74, 6) is 1.46. The molecule has 0 N–H and O–H groups in total. The summed E-state index contributed by atoms with van der Waals surface area (Å²) < 4.78 is 11.6. The number of methoxy groups -OCH3 is 1. The van der Waals surface area contributed by atoms with Crippen molar-refractivity contribution in [1.29, 1.82) is 0 Å². The van der Waals surface area contributed by atoms with Crippen LogP contribution in [0.25, 0.3) is 6.08 Å². The van der Waals surface area contributed by atoms with Gasteiger partial charge in [-0.2, -0.15) is 0 Å². The van der Waals surface area contributed by atoms with Crippen molar-refractivity contribution in [3.8, 4) is 11.5 Å². The van der Waals surface area contributed by atoms with E-state index in [4.69, 9.17) is 9.47 Å². The monoisotopic (exact) mass is 256 g/mol. The molecule has 0 spiro atoms. The van der Waals surface area contributed by atoms with E-state index in [2.05, 4.69) is 22.5 Å². The van der Waals surface area contributed by atoms with Crippen LogP contribution >= 0.6 is 15.9 Å². The quantitative estimate of drug-likeness (QED) is 0.821. The Hall–Kier alpha value is -0.960. The van der Waals surface area contributed by atoms with Crippen LogP contribution in [0.3, 0.4) is 0 Å². The Balaban J connectivity index is 3.19. The SMILES string of the molecule is C=Cc1cc(Br)c(OCC)c(OC)c1. The Morgan fingerprint density at radius 2 is 2.21 bits per heavy atom. The van der Waals surface area contributed by atoms with Crippen LogP contribution in [0.2, 0.25) is 0 Å². The van der Waals surface area contributed by atoms with Crippen LogP contribution in [0.15, 0.2) is 23.2 Å². The smallest absolute Gasteiger partial charge is 0.175 e. The summed E-state index contributed by atoms with van der Waals surface area (Å²) in [4.78, 5) is 0. The Bertz CT molecular complexity index is 334. The minimum Gasteiger partial charge on any atom is -0.493 e. The van der Waals surface area contributed by atoms with Gasteiger partial charge in [0.15, 0.2) is 11.5 Å². The second-order valence-electron chi connectivity index (χ2n) is 2.67. The molecule has 3 heteroatoms. The molecule has 0 heterocycles. The van der Waals surface area contributed by atoms with E-state index in [1.807, 2.05) is 19.1 Å². The fraction of sp³-hybridized carbons (Fsp3) is 0.273. The lowest BCUT2D eigenvalue weighted by Gasteiger charge is -2.11. The van der Waals surface area contributed by atoms with Crippen LogP contribution in [0.5, 0.6) is 11.5 Å². The molecule has 0 fully saturated rings. The molecule has 1 aromatic rings. The standard InChI is InChI=1S/C11H13BrO2/c1-4-8-6-9(12)11(14-5-2)10(7-8)13-3/h4,6-7H,1,5H2,2-3H3. The Morgan fingerprint density at radius 1 is 1.50 bits per heavy atom. The third-order valence-electron chi connectivity index (χ3n) is 1.78. The number of rotatable bonds is 4. The Labute approximate surface area is 92.7 Å². The van der Waals surface area contributed by atoms with Crippen molar-refractivity contribution in [2.45, 2.75) is 6.92 Å². The Morgan fingerprint density at radius 3 is 2.71 bits per heavy atom. The van der Waals surface area contributed by atoms with Gasteiger partial charge in [0.25, 0.3) is 0 Å². The van der Waals surface area contributed by atoms with E-state index in [0.717, 1.165) is 21.5 Å². The molecule has 0 radical (unpaired) electrons. The highest BCUT2D eigenvalue weighted by molar-refractivity contribution is 9.10. The minimum atomic E-state index is 0.613. The van der Waals surface area contributed by atoms with Gasteiger partial charge in [-0.05, 0) is 40.5 Å². The summed E-state index contributed by atoms with van der Waals surface area (Å²) in [6.07, 6.45) is 1.77. The largest absolute Gasteiger partial charge is 0.493 e. The van der Waals surface area contributed by atoms with Crippen LogP contribution in [0, 0.1) is 0 Å². The van der Waals surface area contributed by atoms with Crippen LogP contribution in [0.1, 0.15) is 12.5 Å². The maximum Gasteiger partial charge on any atom is 0.175 e. The number of hydrogen-bond donors (Lipinski definition) is 0. The highest BCUT2D eigenvalue weighted by atomic mass is 79.9. The van der Waals surface area contributed by atoms with Gasteiger partial charge >= 0.3 is 0 Å². The average Bonchev–Trinajstić information content (AvgIpc) is 2.20. The molecule has 1 aromatic carbocycles. The number of ether oxygens (including phenoxy) is 2. The fourth-order valence-electron chi connectivity index (χ4n) is 1.14. The second kappa shape index (κ2) is 5.05. The van der Waals surface area contributed by atoms with Gasteiger partial charge in [0.05, 0.1) is 18.2 Å². The molecule has 0 bridgehead atoms. The van der Waals surface area contributed by atoms with Crippen LogP contribution < -0.4 is 9.47 Å². The van der Waals surface area contributed by atoms with Gasteiger partial charge in [-0.3, -0.25) is 0 Å². The zero-order chi connectivity index (χ0) is 10.6. The van der Waals surface area contributed by atoms with Crippen molar-refractivity contribution < 1.29 is 9.47 Å². The van der Waals surface area contributed by atoms with Crippen molar-refractivity contribution in [2.24, 2.45) is 0 Å². The third kappa shape index (κ3) is 2.29. The minimum absolute atomic E-state index is 0.613. The first-order chi connectivity index (χ1) is 6.72. The van der Waals surface area contributed by atoms with Crippen molar-refractivity contribution in [2.75, 3.05) is 13.7 Å². The van der Waals surface area contributed by atoms with E-state index >= 15 is 0 Å². The zero-order valence-electron chi connectivity index (χ0n) is 8.34. The number of benzene rings is 1. The topological polar surface area (TPSA) is 18.5 Å². The molecule has 1 rings (SSSR count). The molecule has 0 aromatic heterocycles. The van der Waals surface area contributed by atoms with Crippen LogP contribution in [-0.4, -0.2) is 13.7 Å². The molecule has 2 nitrogen and oxygen atoms in total. The Kier molecular flexibility index (Phi) is 4.01. The molecule has 14 heavy (non-hydrogen) atoms. The lowest BCUT2D eigenvalue weighted by molar-refractivity contribution is 0.309. The van der Waals surface area contributed by atoms with Crippen molar-refractivity contribution >= 4 is 22.0 Å². The summed E-state index contributed by atoms with van der Waals surface area (Å²) in [6, 6.07) is 3.84. The highest BCUT2D eigenvalue weighted by Gasteiger charge is 2.09. The van der Waals surface area contributed by atoms with E-state index < -0.39 is 0 Å². The second-order valence-corrected chi connectivity index (χ2v) is 3.53. The lowest BCUT2D eigenvalue weighted by Crippen LogP contribution is -1.96. The summed E-state index contributed by atoms with van der Waals surface area (Å²) in [6.45, 7) is 6.26. The predicted molar refractivity (Wildman–Crippen MR) is 62.0 cm³/mol. The van der Waals surface area contributed by atoms with Crippen LogP contribution in [-0.2, 0) is 0 Å². The summed E-state index contributed by atoms with van der Waals surface area (Å²) in [5.41, 5.74) is 0.997. The van der Waals surface area contributed by atoms with Gasteiger partial charge in [0.2, 0.25) is 0 Å². The first kappa shape index (κ1) is 11.1. The van der Waals surface area contributed by atoms with E-state index in [9.17, 15) is 0 Å². The molecule has 0 saturated heterocycles. The zero-order valence-corrected chi connectivity index (χ0v) is 9.93. The maximum atomic E-state index is 5.45. The molecule has 76 valence electrons. The average molecular weight is 257 g/mol. The molecule has 0 atom stereocenters. The molecule has 0 amide bonds. The highest BCUT2D eigenvalue weighted by Crippen LogP contribution is 2.36. The van der Waals surface area contributed by atoms with E-state index in [1.54, 1.807) is 13.2 Å². The maximum absolute atomic E-state index is 5.45. The van der Waals surface area contributed by atoms with Gasteiger partial charge in [-0.25, -0.2) is 0 Å². The van der Waals surface area contributed by atoms with E-state index in [-0.39, 0.29) is 0 Å². The molecule has 0 saturated carbocycles. The predicted octanol–water partition coefficient (Wildman–Crippen LogP) is 3.50. The van der Waals surface area contributed by atoms with Crippen molar-refractivity contribution in [1.82, 2.24) is 0 Å². The van der Waals surface area contributed by atoms with Gasteiger partial charge in [-0.1, -0.05) is 12.7 Å². The third-order valence-corrected chi connectivity index (χ3v) is 2.37. The normalized spacial score (nSPS) is 9.64. The fourth-order valence-corrected chi connectivity index (χ4v) is 1.72. The van der Waals surface area contributed by atoms with E-state index in [0.29, 0.717) is 6.61 Å². The number of halogens is 1. The van der Waals surface area contributed by atoms with Gasteiger partial charge < -0.3 is 9.47 Å². The molecule has 0 aliphatic heterocycles. The first-order valence-corrected chi connectivity index (χ1v) is 5.15. The molecule has 0 aliphatic carbocycles. The van der Waals surface area contributed by atoms with Gasteiger partial charge in [0, 0.05) is 0 Å². The molecular weight excluding hydrogens is 244 g/mol. The van der Waals surface area contributed by atoms with Crippen LogP contribution in [0.4, 0.5) is 0 Å². The summed E-state index contributed by atoms with van der Waals surface area (Å²) in [7, 11) is 1.62. The first-order valence-electron chi connectivity index (χ1n) is 4.35. The summed E-state index contributed by atoms with van der Waals surface area (Å²) in [5, 5.41) is 0.